The van der Waals surface area contributed by atoms with Gasteiger partial charge < -0.3 is 5.73 Å². The molecule has 0 atom stereocenters. The monoisotopic (exact) mass is 159 g/mol. The van der Waals surface area contributed by atoms with E-state index in [9.17, 15) is 0 Å². The molecule has 0 radical (unpaired) electrons. The Bertz CT molecular complexity index is 131. The first-order valence-electron chi connectivity index (χ1n) is 3.51. The van der Waals surface area contributed by atoms with E-state index in [1.807, 2.05) is 0 Å². The number of hydrogen-bond donors (Lipinski definition) is 1. The molecular formula is C8H14ClN. The number of hydrogen-bond acceptors (Lipinski definition) is 1. The highest BCUT2D eigenvalue weighted by Gasteiger charge is 2.29. The maximum atomic E-state index is 5.54. The van der Waals surface area contributed by atoms with Crippen LogP contribution in [-0.2, 0) is 0 Å². The summed E-state index contributed by atoms with van der Waals surface area (Å²) in [6.45, 7) is 0.670. The van der Waals surface area contributed by atoms with Crippen molar-refractivity contribution >= 4 is 12.4 Å². The summed E-state index contributed by atoms with van der Waals surface area (Å²) in [5.41, 5.74) is 5.62. The molecule has 0 spiro atoms. The van der Waals surface area contributed by atoms with Crippen LogP contribution in [0.25, 0.3) is 0 Å². The Hall–Kier alpha value is -0.190. The van der Waals surface area contributed by atoms with Gasteiger partial charge in [-0.2, -0.15) is 0 Å². The Kier molecular flexibility index (Phi) is 3.78. The van der Waals surface area contributed by atoms with Gasteiger partial charge in [-0.25, -0.2) is 0 Å². The van der Waals surface area contributed by atoms with Gasteiger partial charge in [0.1, 0.15) is 0 Å². The molecule has 0 aromatic rings. The zero-order chi connectivity index (χ0) is 6.74. The van der Waals surface area contributed by atoms with Crippen LogP contribution < -0.4 is 5.73 Å². The van der Waals surface area contributed by atoms with Crippen LogP contribution in [0.5, 0.6) is 0 Å². The fourth-order valence-electron chi connectivity index (χ4n) is 1.46. The Labute approximate surface area is 68.8 Å². The molecule has 58 valence electrons. The van der Waals surface area contributed by atoms with Crippen molar-refractivity contribution in [2.75, 3.05) is 6.54 Å². The van der Waals surface area contributed by atoms with E-state index in [-0.39, 0.29) is 17.8 Å². The number of terminal acetylenes is 1. The molecule has 1 fully saturated rings. The molecule has 1 aliphatic carbocycles. The van der Waals surface area contributed by atoms with Crippen LogP contribution >= 0.6 is 12.4 Å². The molecule has 2 heteroatoms. The van der Waals surface area contributed by atoms with E-state index in [0.717, 1.165) is 12.8 Å². The molecule has 0 bridgehead atoms. The minimum absolute atomic E-state index is 0. The molecule has 1 rings (SSSR count). The molecule has 0 aromatic heterocycles. The summed E-state index contributed by atoms with van der Waals surface area (Å²) in [4.78, 5) is 0. The van der Waals surface area contributed by atoms with E-state index in [0.29, 0.717) is 6.54 Å². The minimum Gasteiger partial charge on any atom is -0.329 e. The van der Waals surface area contributed by atoms with Gasteiger partial charge in [0.15, 0.2) is 0 Å². The third-order valence-corrected chi connectivity index (χ3v) is 2.26. The van der Waals surface area contributed by atoms with Crippen LogP contribution in [0, 0.1) is 17.8 Å². The average Bonchev–Trinajstić information content (AvgIpc) is 2.36. The first kappa shape index (κ1) is 9.81. The SMILES string of the molecule is C#CC1(CN)CCCC1.Cl. The molecule has 0 unspecified atom stereocenters. The molecule has 2 N–H and O–H groups in total. The molecule has 0 saturated heterocycles. The van der Waals surface area contributed by atoms with Crippen LogP contribution in [0.4, 0.5) is 0 Å². The van der Waals surface area contributed by atoms with Gasteiger partial charge >= 0.3 is 0 Å². The van der Waals surface area contributed by atoms with E-state index < -0.39 is 0 Å². The molecule has 1 saturated carbocycles. The summed E-state index contributed by atoms with van der Waals surface area (Å²) in [5, 5.41) is 0. The molecule has 0 heterocycles. The van der Waals surface area contributed by atoms with E-state index in [1.165, 1.54) is 12.8 Å². The van der Waals surface area contributed by atoms with Crippen LogP contribution in [0.3, 0.4) is 0 Å². The quantitative estimate of drug-likeness (QED) is 0.578. The molecule has 0 aromatic carbocycles. The Balaban J connectivity index is 0.000000810. The largest absolute Gasteiger partial charge is 0.329 e. The zero-order valence-corrected chi connectivity index (χ0v) is 6.91. The molecular weight excluding hydrogens is 146 g/mol. The van der Waals surface area contributed by atoms with E-state index >= 15 is 0 Å². The van der Waals surface area contributed by atoms with Gasteiger partial charge in [-0.05, 0) is 12.8 Å². The Morgan fingerprint density at radius 1 is 1.40 bits per heavy atom. The molecule has 1 nitrogen and oxygen atoms in total. The third-order valence-electron chi connectivity index (χ3n) is 2.26. The lowest BCUT2D eigenvalue weighted by Crippen LogP contribution is -2.24. The predicted molar refractivity (Wildman–Crippen MR) is 46.0 cm³/mol. The average molecular weight is 160 g/mol. The van der Waals surface area contributed by atoms with Crippen LogP contribution in [0.15, 0.2) is 0 Å². The van der Waals surface area contributed by atoms with Crippen molar-refractivity contribution in [3.05, 3.63) is 0 Å². The van der Waals surface area contributed by atoms with Crippen LogP contribution in [-0.4, -0.2) is 6.54 Å². The predicted octanol–water partition coefficient (Wildman–Crippen LogP) is 1.56. The standard InChI is InChI=1S/C8H13N.ClH/c1-2-8(7-9)5-3-4-6-8;/h1H,3-7,9H2;1H. The second-order valence-corrected chi connectivity index (χ2v) is 2.84. The van der Waals surface area contributed by atoms with Crippen molar-refractivity contribution in [3.63, 3.8) is 0 Å². The van der Waals surface area contributed by atoms with Gasteiger partial charge in [0.05, 0.1) is 0 Å². The van der Waals surface area contributed by atoms with Gasteiger partial charge in [-0.3, -0.25) is 0 Å². The summed E-state index contributed by atoms with van der Waals surface area (Å²) in [6, 6.07) is 0. The Morgan fingerprint density at radius 2 is 1.90 bits per heavy atom. The van der Waals surface area contributed by atoms with Gasteiger partial charge in [0.2, 0.25) is 0 Å². The highest BCUT2D eigenvalue weighted by Crippen LogP contribution is 2.35. The summed E-state index contributed by atoms with van der Waals surface area (Å²) >= 11 is 0. The highest BCUT2D eigenvalue weighted by atomic mass is 35.5. The summed E-state index contributed by atoms with van der Waals surface area (Å²) in [6.07, 6.45) is 10.2. The third kappa shape index (κ3) is 1.65. The minimum atomic E-state index is 0. The van der Waals surface area contributed by atoms with Crippen molar-refractivity contribution in [2.45, 2.75) is 25.7 Å². The number of nitrogens with two attached hydrogens (primary N) is 1. The molecule has 0 amide bonds. The summed E-state index contributed by atoms with van der Waals surface area (Å²) in [5.74, 6) is 2.80. The van der Waals surface area contributed by atoms with E-state index in [1.54, 1.807) is 0 Å². The fourth-order valence-corrected chi connectivity index (χ4v) is 1.46. The van der Waals surface area contributed by atoms with Crippen LogP contribution in [0.2, 0.25) is 0 Å². The fraction of sp³-hybridized carbons (Fsp3) is 0.750. The zero-order valence-electron chi connectivity index (χ0n) is 6.10. The van der Waals surface area contributed by atoms with Crippen molar-refractivity contribution in [1.82, 2.24) is 0 Å². The first-order valence-corrected chi connectivity index (χ1v) is 3.51. The Morgan fingerprint density at radius 3 is 2.10 bits per heavy atom. The first-order chi connectivity index (χ1) is 4.33. The highest BCUT2D eigenvalue weighted by molar-refractivity contribution is 5.85. The summed E-state index contributed by atoms with van der Waals surface area (Å²) in [7, 11) is 0. The molecule has 10 heavy (non-hydrogen) atoms. The molecule has 1 aliphatic rings. The number of rotatable bonds is 1. The smallest absolute Gasteiger partial charge is 0.0434 e. The lowest BCUT2D eigenvalue weighted by molar-refractivity contribution is 0.430. The van der Waals surface area contributed by atoms with Gasteiger partial charge in [-0.15, -0.1) is 18.8 Å². The van der Waals surface area contributed by atoms with Crippen molar-refractivity contribution in [2.24, 2.45) is 11.1 Å². The lowest BCUT2D eigenvalue weighted by atomic mass is 9.88. The van der Waals surface area contributed by atoms with Gasteiger partial charge in [0.25, 0.3) is 0 Å². The van der Waals surface area contributed by atoms with Gasteiger partial charge in [0, 0.05) is 12.0 Å². The maximum Gasteiger partial charge on any atom is 0.0434 e. The van der Waals surface area contributed by atoms with Crippen molar-refractivity contribution < 1.29 is 0 Å². The van der Waals surface area contributed by atoms with Crippen molar-refractivity contribution in [1.29, 1.82) is 0 Å². The second-order valence-electron chi connectivity index (χ2n) is 2.84. The van der Waals surface area contributed by atoms with Gasteiger partial charge in [-0.1, -0.05) is 18.8 Å². The topological polar surface area (TPSA) is 26.0 Å². The maximum absolute atomic E-state index is 5.54. The van der Waals surface area contributed by atoms with Crippen LogP contribution in [0.1, 0.15) is 25.7 Å². The van der Waals surface area contributed by atoms with Crippen molar-refractivity contribution in [3.8, 4) is 12.3 Å². The number of halogens is 1. The van der Waals surface area contributed by atoms with E-state index in [2.05, 4.69) is 5.92 Å². The molecule has 0 aliphatic heterocycles. The van der Waals surface area contributed by atoms with E-state index in [4.69, 9.17) is 12.2 Å². The lowest BCUT2D eigenvalue weighted by Gasteiger charge is -2.18. The normalized spacial score (nSPS) is 21.2. The second kappa shape index (κ2) is 3.85. The summed E-state index contributed by atoms with van der Waals surface area (Å²) < 4.78 is 0.